The van der Waals surface area contributed by atoms with Crippen LogP contribution in [-0.2, 0) is 4.79 Å². The van der Waals surface area contributed by atoms with Crippen molar-refractivity contribution in [2.24, 2.45) is 4.99 Å². The number of rotatable bonds is 0. The maximum Gasteiger partial charge on any atom is 0.277 e. The molecule has 0 bridgehead atoms. The standard InChI is InChI=1S/C11H10N2O2/c1-7-8-4-2-3-5-9(8)13-11(15)10(6-14)12-7/h2-6,14H,1H3,(H,13,15)/b10-6+. The van der Waals surface area contributed by atoms with E-state index in [4.69, 9.17) is 5.11 Å². The number of carbonyl (C=O) groups excluding carboxylic acids is 1. The molecule has 0 spiro atoms. The fraction of sp³-hybridized carbons (Fsp3) is 0.0909. The zero-order chi connectivity index (χ0) is 10.8. The smallest absolute Gasteiger partial charge is 0.277 e. The summed E-state index contributed by atoms with van der Waals surface area (Å²) in [4.78, 5) is 15.5. The molecule has 15 heavy (non-hydrogen) atoms. The number of aliphatic imine (C=N–C) groups is 1. The van der Waals surface area contributed by atoms with Gasteiger partial charge in [0.15, 0.2) is 5.70 Å². The van der Waals surface area contributed by atoms with Crippen LogP contribution in [0.25, 0.3) is 0 Å². The van der Waals surface area contributed by atoms with Crippen LogP contribution in [0, 0.1) is 0 Å². The molecule has 0 aromatic heterocycles. The molecule has 1 heterocycles. The summed E-state index contributed by atoms with van der Waals surface area (Å²) in [6.07, 6.45) is 0.713. The van der Waals surface area contributed by atoms with Gasteiger partial charge in [-0.25, -0.2) is 4.99 Å². The molecule has 1 aliphatic rings. The van der Waals surface area contributed by atoms with Crippen LogP contribution in [0.4, 0.5) is 5.69 Å². The number of para-hydroxylation sites is 1. The molecule has 1 aromatic rings. The van der Waals surface area contributed by atoms with Crippen molar-refractivity contribution in [1.29, 1.82) is 0 Å². The minimum atomic E-state index is -0.401. The number of nitrogens with one attached hydrogen (secondary N) is 1. The van der Waals surface area contributed by atoms with Crippen LogP contribution in [0.2, 0.25) is 0 Å². The number of anilines is 1. The number of benzodiazepines with no additional fused rings is 1. The number of benzene rings is 1. The highest BCUT2D eigenvalue weighted by Crippen LogP contribution is 2.21. The molecule has 4 nitrogen and oxygen atoms in total. The first-order chi connectivity index (χ1) is 7.22. The van der Waals surface area contributed by atoms with Crippen LogP contribution in [0.15, 0.2) is 41.2 Å². The average Bonchev–Trinajstić information content (AvgIpc) is 2.37. The summed E-state index contributed by atoms with van der Waals surface area (Å²) in [6.45, 7) is 1.79. The van der Waals surface area contributed by atoms with Gasteiger partial charge in [-0.2, -0.15) is 0 Å². The van der Waals surface area contributed by atoms with Gasteiger partial charge in [0.25, 0.3) is 5.91 Å². The summed E-state index contributed by atoms with van der Waals surface area (Å²) in [5.41, 5.74) is 2.29. The molecule has 76 valence electrons. The van der Waals surface area contributed by atoms with Crippen molar-refractivity contribution in [3.63, 3.8) is 0 Å². The molecular formula is C11H10N2O2. The van der Waals surface area contributed by atoms with Gasteiger partial charge in [-0.15, -0.1) is 0 Å². The van der Waals surface area contributed by atoms with E-state index in [-0.39, 0.29) is 5.70 Å². The lowest BCUT2D eigenvalue weighted by Crippen LogP contribution is -2.12. The molecule has 1 amide bonds. The summed E-state index contributed by atoms with van der Waals surface area (Å²) in [7, 11) is 0. The van der Waals surface area contributed by atoms with E-state index in [0.29, 0.717) is 17.7 Å². The summed E-state index contributed by atoms with van der Waals surface area (Å²) in [5, 5.41) is 11.5. The Bertz CT molecular complexity index is 475. The van der Waals surface area contributed by atoms with Gasteiger partial charge in [-0.1, -0.05) is 18.2 Å². The molecule has 0 unspecified atom stereocenters. The van der Waals surface area contributed by atoms with Gasteiger partial charge in [-0.05, 0) is 13.0 Å². The van der Waals surface area contributed by atoms with Gasteiger partial charge in [-0.3, -0.25) is 4.79 Å². The fourth-order valence-electron chi connectivity index (χ4n) is 1.47. The third kappa shape index (κ3) is 1.61. The van der Waals surface area contributed by atoms with Gasteiger partial charge >= 0.3 is 0 Å². The highest BCUT2D eigenvalue weighted by atomic mass is 16.2. The van der Waals surface area contributed by atoms with Crippen LogP contribution in [-0.4, -0.2) is 16.7 Å². The maximum atomic E-state index is 11.5. The lowest BCUT2D eigenvalue weighted by molar-refractivity contribution is -0.112. The van der Waals surface area contributed by atoms with E-state index < -0.39 is 5.91 Å². The zero-order valence-corrected chi connectivity index (χ0v) is 8.19. The van der Waals surface area contributed by atoms with E-state index in [2.05, 4.69) is 10.3 Å². The molecule has 2 N–H and O–H groups in total. The Morgan fingerprint density at radius 2 is 2.13 bits per heavy atom. The van der Waals surface area contributed by atoms with Crippen LogP contribution in [0.1, 0.15) is 12.5 Å². The van der Waals surface area contributed by atoms with Crippen molar-refractivity contribution in [2.75, 3.05) is 5.32 Å². The Morgan fingerprint density at radius 1 is 1.40 bits per heavy atom. The van der Waals surface area contributed by atoms with Crippen LogP contribution in [0.3, 0.4) is 0 Å². The fourth-order valence-corrected chi connectivity index (χ4v) is 1.47. The van der Waals surface area contributed by atoms with E-state index in [9.17, 15) is 4.79 Å². The molecule has 0 radical (unpaired) electrons. The first kappa shape index (κ1) is 9.45. The predicted octanol–water partition coefficient (Wildman–Crippen LogP) is 1.85. The second-order valence-electron chi connectivity index (χ2n) is 3.21. The number of fused-ring (bicyclic) bond motifs is 1. The number of aliphatic hydroxyl groups is 1. The minimum Gasteiger partial charge on any atom is -0.513 e. The first-order valence-electron chi connectivity index (χ1n) is 4.53. The van der Waals surface area contributed by atoms with Crippen molar-refractivity contribution in [3.8, 4) is 0 Å². The number of amides is 1. The number of carbonyl (C=O) groups is 1. The van der Waals surface area contributed by atoms with Crippen molar-refractivity contribution < 1.29 is 9.90 Å². The van der Waals surface area contributed by atoms with Gasteiger partial charge in [0.2, 0.25) is 0 Å². The Hall–Kier alpha value is -2.10. The van der Waals surface area contributed by atoms with Gasteiger partial charge in [0.05, 0.1) is 5.69 Å². The van der Waals surface area contributed by atoms with E-state index >= 15 is 0 Å². The van der Waals surface area contributed by atoms with Gasteiger partial charge in [0, 0.05) is 11.3 Å². The highest BCUT2D eigenvalue weighted by Gasteiger charge is 2.17. The third-order valence-electron chi connectivity index (χ3n) is 2.21. The lowest BCUT2D eigenvalue weighted by atomic mass is 10.1. The van der Waals surface area contributed by atoms with Crippen molar-refractivity contribution in [3.05, 3.63) is 41.8 Å². The van der Waals surface area contributed by atoms with E-state index in [0.717, 1.165) is 5.56 Å². The lowest BCUT2D eigenvalue weighted by Gasteiger charge is -2.04. The molecule has 4 heteroatoms. The topological polar surface area (TPSA) is 61.7 Å². The monoisotopic (exact) mass is 202 g/mol. The molecule has 1 aromatic carbocycles. The molecule has 0 atom stereocenters. The van der Waals surface area contributed by atoms with Crippen molar-refractivity contribution >= 4 is 17.3 Å². The van der Waals surface area contributed by atoms with Crippen LogP contribution in [0.5, 0.6) is 0 Å². The number of aliphatic hydroxyl groups excluding tert-OH is 1. The molecule has 0 saturated heterocycles. The van der Waals surface area contributed by atoms with Gasteiger partial charge < -0.3 is 10.4 Å². The van der Waals surface area contributed by atoms with Crippen molar-refractivity contribution in [1.82, 2.24) is 0 Å². The van der Waals surface area contributed by atoms with Crippen LogP contribution >= 0.6 is 0 Å². The summed E-state index contributed by atoms with van der Waals surface area (Å²) >= 11 is 0. The predicted molar refractivity (Wildman–Crippen MR) is 58.0 cm³/mol. The Morgan fingerprint density at radius 3 is 2.87 bits per heavy atom. The quantitative estimate of drug-likeness (QED) is 0.498. The number of nitrogens with zero attached hydrogens (tertiary/aromatic N) is 1. The second kappa shape index (κ2) is 3.57. The molecule has 0 fully saturated rings. The second-order valence-corrected chi connectivity index (χ2v) is 3.21. The summed E-state index contributed by atoms with van der Waals surface area (Å²) in [6, 6.07) is 7.37. The maximum absolute atomic E-state index is 11.5. The van der Waals surface area contributed by atoms with Crippen LogP contribution < -0.4 is 5.32 Å². The number of hydrogen-bond acceptors (Lipinski definition) is 3. The zero-order valence-electron chi connectivity index (χ0n) is 8.19. The molecule has 0 aliphatic carbocycles. The van der Waals surface area contributed by atoms with Crippen molar-refractivity contribution in [2.45, 2.75) is 6.92 Å². The summed E-state index contributed by atoms with van der Waals surface area (Å²) in [5.74, 6) is -0.401. The average molecular weight is 202 g/mol. The Kier molecular flexibility index (Phi) is 2.25. The third-order valence-corrected chi connectivity index (χ3v) is 2.21. The first-order valence-corrected chi connectivity index (χ1v) is 4.53. The molecule has 0 saturated carbocycles. The largest absolute Gasteiger partial charge is 0.513 e. The van der Waals surface area contributed by atoms with Gasteiger partial charge in [0.1, 0.15) is 6.26 Å². The Labute approximate surface area is 87.0 Å². The molecule has 2 rings (SSSR count). The highest BCUT2D eigenvalue weighted by molar-refractivity contribution is 6.14. The number of hydrogen-bond donors (Lipinski definition) is 2. The normalized spacial score (nSPS) is 17.8. The van der Waals surface area contributed by atoms with E-state index in [1.165, 1.54) is 0 Å². The van der Waals surface area contributed by atoms with E-state index in [1.54, 1.807) is 13.0 Å². The SMILES string of the molecule is CC1=N/C(=C/O)C(=O)Nc2ccccc21. The molecule has 1 aliphatic heterocycles. The summed E-state index contributed by atoms with van der Waals surface area (Å²) < 4.78 is 0. The molecular weight excluding hydrogens is 192 g/mol. The van der Waals surface area contributed by atoms with E-state index in [1.807, 2.05) is 18.2 Å². The minimum absolute atomic E-state index is 0.0173. The Balaban J connectivity index is 2.59.